The summed E-state index contributed by atoms with van der Waals surface area (Å²) in [5.74, 6) is 0.131. The number of rotatable bonds is 8. The van der Waals surface area contributed by atoms with Crippen LogP contribution in [0.1, 0.15) is 75.7 Å². The molecule has 3 rings (SSSR count). The van der Waals surface area contributed by atoms with Gasteiger partial charge in [0.05, 0.1) is 12.5 Å². The van der Waals surface area contributed by atoms with E-state index in [1.54, 1.807) is 0 Å². The highest BCUT2D eigenvalue weighted by Crippen LogP contribution is 2.29. The van der Waals surface area contributed by atoms with Crippen LogP contribution in [0.15, 0.2) is 54.6 Å². The van der Waals surface area contributed by atoms with Gasteiger partial charge in [-0.1, -0.05) is 95.6 Å². The van der Waals surface area contributed by atoms with E-state index in [1.165, 1.54) is 10.2 Å². The molecule has 1 aromatic heterocycles. The third-order valence-electron chi connectivity index (χ3n) is 5.44. The van der Waals surface area contributed by atoms with Crippen LogP contribution < -0.4 is 4.74 Å². The van der Waals surface area contributed by atoms with Crippen molar-refractivity contribution in [3.8, 4) is 17.4 Å². The van der Waals surface area contributed by atoms with Gasteiger partial charge in [0.15, 0.2) is 5.82 Å². The summed E-state index contributed by atoms with van der Waals surface area (Å²) in [6, 6.07) is 18.3. The minimum atomic E-state index is -0.293. The zero-order valence-corrected chi connectivity index (χ0v) is 19.3. The lowest BCUT2D eigenvalue weighted by Gasteiger charge is -2.19. The molecule has 5 heteroatoms. The SMILES string of the molecule is CCCCOc1nc(-c2ccc(C(C)(C)C)cc2)n(C(=O)C(CC)c2ccccc2)n1. The molecule has 0 fully saturated rings. The lowest BCUT2D eigenvalue weighted by Crippen LogP contribution is -2.22. The van der Waals surface area contributed by atoms with Gasteiger partial charge in [-0.3, -0.25) is 4.79 Å². The Hall–Kier alpha value is -2.95. The molecule has 1 unspecified atom stereocenters. The maximum atomic E-state index is 13.5. The van der Waals surface area contributed by atoms with E-state index in [4.69, 9.17) is 4.74 Å². The van der Waals surface area contributed by atoms with Crippen LogP contribution in [-0.4, -0.2) is 27.3 Å². The number of nitrogens with zero attached hydrogens (tertiary/aromatic N) is 3. The predicted octanol–water partition coefficient (Wildman–Crippen LogP) is 6.26. The normalized spacial score (nSPS) is 12.5. The van der Waals surface area contributed by atoms with Gasteiger partial charge in [0.2, 0.25) is 0 Å². The van der Waals surface area contributed by atoms with Gasteiger partial charge in [-0.25, -0.2) is 0 Å². The minimum absolute atomic E-state index is 0.0526. The van der Waals surface area contributed by atoms with Crippen LogP contribution in [0.2, 0.25) is 0 Å². The number of aromatic nitrogens is 3. The summed E-state index contributed by atoms with van der Waals surface area (Å²) in [6.07, 6.45) is 2.61. The fourth-order valence-corrected chi connectivity index (χ4v) is 3.51. The van der Waals surface area contributed by atoms with Crippen molar-refractivity contribution >= 4 is 5.91 Å². The quantitative estimate of drug-likeness (QED) is 0.405. The summed E-state index contributed by atoms with van der Waals surface area (Å²) in [7, 11) is 0. The van der Waals surface area contributed by atoms with Crippen molar-refractivity contribution < 1.29 is 9.53 Å². The molecule has 0 saturated carbocycles. The molecule has 0 aliphatic heterocycles. The van der Waals surface area contributed by atoms with Crippen molar-refractivity contribution in [2.75, 3.05) is 6.61 Å². The van der Waals surface area contributed by atoms with Crippen LogP contribution in [-0.2, 0) is 5.41 Å². The van der Waals surface area contributed by atoms with E-state index in [0.717, 1.165) is 24.0 Å². The Kier molecular flexibility index (Phi) is 7.26. The van der Waals surface area contributed by atoms with Gasteiger partial charge in [0.25, 0.3) is 5.91 Å². The molecule has 0 N–H and O–H groups in total. The molecule has 2 aromatic carbocycles. The first-order valence-corrected chi connectivity index (χ1v) is 11.1. The third kappa shape index (κ3) is 5.40. The van der Waals surface area contributed by atoms with Gasteiger partial charge >= 0.3 is 6.01 Å². The molecule has 5 nitrogen and oxygen atoms in total. The first kappa shape index (κ1) is 22.7. The average molecular weight is 420 g/mol. The maximum Gasteiger partial charge on any atom is 0.336 e. The molecule has 0 radical (unpaired) electrons. The van der Waals surface area contributed by atoms with Gasteiger partial charge < -0.3 is 4.74 Å². The molecule has 0 bridgehead atoms. The largest absolute Gasteiger partial charge is 0.462 e. The second-order valence-electron chi connectivity index (χ2n) is 8.87. The summed E-state index contributed by atoms with van der Waals surface area (Å²) < 4.78 is 7.17. The van der Waals surface area contributed by atoms with Gasteiger partial charge in [0, 0.05) is 5.56 Å². The standard InChI is InChI=1S/C26H33N3O2/c1-6-8-18-31-25-27-23(20-14-16-21(17-15-20)26(3,4)5)29(28-25)24(30)22(7-2)19-12-10-9-11-13-19/h9-17,22H,6-8,18H2,1-5H3. The monoisotopic (exact) mass is 419 g/mol. The summed E-state index contributed by atoms with van der Waals surface area (Å²) in [4.78, 5) is 18.1. The number of benzene rings is 2. The first-order chi connectivity index (χ1) is 14.8. The Morgan fingerprint density at radius 3 is 2.29 bits per heavy atom. The zero-order valence-electron chi connectivity index (χ0n) is 19.3. The van der Waals surface area contributed by atoms with E-state index < -0.39 is 0 Å². The molecule has 1 heterocycles. The Labute approximate surface area is 185 Å². The van der Waals surface area contributed by atoms with E-state index in [9.17, 15) is 4.79 Å². The number of carbonyl (C=O) groups is 1. The van der Waals surface area contributed by atoms with Gasteiger partial charge in [-0.15, -0.1) is 5.10 Å². The van der Waals surface area contributed by atoms with Crippen molar-refractivity contribution in [3.05, 3.63) is 65.7 Å². The summed E-state index contributed by atoms with van der Waals surface area (Å²) in [5.41, 5.74) is 3.11. The lowest BCUT2D eigenvalue weighted by molar-refractivity contribution is 0.0858. The fourth-order valence-electron chi connectivity index (χ4n) is 3.51. The van der Waals surface area contributed by atoms with Crippen molar-refractivity contribution in [3.63, 3.8) is 0 Å². The molecule has 0 aliphatic carbocycles. The Morgan fingerprint density at radius 2 is 1.71 bits per heavy atom. The zero-order chi connectivity index (χ0) is 22.4. The topological polar surface area (TPSA) is 57.0 Å². The number of ether oxygens (including phenoxy) is 1. The Morgan fingerprint density at radius 1 is 1.03 bits per heavy atom. The molecular weight excluding hydrogens is 386 g/mol. The van der Waals surface area contributed by atoms with Crippen molar-refractivity contribution in [2.24, 2.45) is 0 Å². The van der Waals surface area contributed by atoms with Crippen molar-refractivity contribution in [1.29, 1.82) is 0 Å². The number of hydrogen-bond acceptors (Lipinski definition) is 4. The molecule has 1 atom stereocenters. The number of carbonyl (C=O) groups excluding carboxylic acids is 1. The van der Waals surface area contributed by atoms with Gasteiger partial charge in [-0.2, -0.15) is 9.67 Å². The number of hydrogen-bond donors (Lipinski definition) is 0. The van der Waals surface area contributed by atoms with E-state index in [1.807, 2.05) is 49.4 Å². The highest BCUT2D eigenvalue weighted by atomic mass is 16.5. The predicted molar refractivity (Wildman–Crippen MR) is 125 cm³/mol. The molecule has 31 heavy (non-hydrogen) atoms. The fraction of sp³-hybridized carbons (Fsp3) is 0.423. The van der Waals surface area contributed by atoms with Crippen LogP contribution in [0.4, 0.5) is 0 Å². The molecule has 0 spiro atoms. The van der Waals surface area contributed by atoms with Crippen LogP contribution in [0, 0.1) is 0 Å². The van der Waals surface area contributed by atoms with Gasteiger partial charge in [-0.05, 0) is 29.4 Å². The summed E-state index contributed by atoms with van der Waals surface area (Å²) >= 11 is 0. The molecule has 164 valence electrons. The molecule has 0 amide bonds. The van der Waals surface area contributed by atoms with E-state index in [2.05, 4.69) is 49.9 Å². The van der Waals surface area contributed by atoms with Crippen LogP contribution >= 0.6 is 0 Å². The van der Waals surface area contributed by atoms with Crippen molar-refractivity contribution in [1.82, 2.24) is 14.8 Å². The second-order valence-corrected chi connectivity index (χ2v) is 8.87. The first-order valence-electron chi connectivity index (χ1n) is 11.1. The highest BCUT2D eigenvalue weighted by molar-refractivity contribution is 5.88. The van der Waals surface area contributed by atoms with Crippen LogP contribution in [0.3, 0.4) is 0 Å². The summed E-state index contributed by atoms with van der Waals surface area (Å²) in [5, 5.41) is 4.46. The van der Waals surface area contributed by atoms with Crippen molar-refractivity contribution in [2.45, 2.75) is 65.2 Å². The third-order valence-corrected chi connectivity index (χ3v) is 5.44. The molecule has 0 aliphatic rings. The van der Waals surface area contributed by atoms with E-state index in [0.29, 0.717) is 18.9 Å². The Balaban J connectivity index is 2.00. The number of unbranched alkanes of at least 4 members (excludes halogenated alkanes) is 1. The minimum Gasteiger partial charge on any atom is -0.462 e. The smallest absolute Gasteiger partial charge is 0.336 e. The lowest BCUT2D eigenvalue weighted by atomic mass is 9.86. The van der Waals surface area contributed by atoms with E-state index in [-0.39, 0.29) is 23.3 Å². The average Bonchev–Trinajstić information content (AvgIpc) is 3.19. The molecule has 3 aromatic rings. The summed E-state index contributed by atoms with van der Waals surface area (Å²) in [6.45, 7) is 11.2. The van der Waals surface area contributed by atoms with Crippen LogP contribution in [0.5, 0.6) is 6.01 Å². The maximum absolute atomic E-state index is 13.5. The molecular formula is C26H33N3O2. The van der Waals surface area contributed by atoms with E-state index >= 15 is 0 Å². The molecule has 0 saturated heterocycles. The second kappa shape index (κ2) is 9.90. The van der Waals surface area contributed by atoms with Gasteiger partial charge in [0.1, 0.15) is 0 Å². The van der Waals surface area contributed by atoms with Crippen LogP contribution in [0.25, 0.3) is 11.4 Å². The Bertz CT molecular complexity index is 986. The highest BCUT2D eigenvalue weighted by Gasteiger charge is 2.26.